The van der Waals surface area contributed by atoms with E-state index in [1.165, 1.54) is 12.8 Å². The molecule has 0 bridgehead atoms. The number of hydrogen-bond donors (Lipinski definition) is 1. The van der Waals surface area contributed by atoms with Crippen molar-refractivity contribution in [1.29, 1.82) is 0 Å². The van der Waals surface area contributed by atoms with E-state index in [2.05, 4.69) is 22.0 Å². The maximum absolute atomic E-state index is 5.61. The SMILES string of the molecule is NCCc1nc(N2CCCC2)c2ccccc2n1. The number of para-hydroxylation sites is 1. The van der Waals surface area contributed by atoms with Crippen LogP contribution in [0.1, 0.15) is 18.7 Å². The maximum Gasteiger partial charge on any atom is 0.140 e. The highest BCUT2D eigenvalue weighted by molar-refractivity contribution is 5.89. The summed E-state index contributed by atoms with van der Waals surface area (Å²) < 4.78 is 0. The van der Waals surface area contributed by atoms with Crippen LogP contribution in [0.25, 0.3) is 10.9 Å². The Kier molecular flexibility index (Phi) is 3.11. The molecule has 2 heterocycles. The van der Waals surface area contributed by atoms with Crippen LogP contribution in [-0.2, 0) is 6.42 Å². The third kappa shape index (κ3) is 2.04. The number of nitrogens with zero attached hydrogens (tertiary/aromatic N) is 3. The molecule has 0 spiro atoms. The summed E-state index contributed by atoms with van der Waals surface area (Å²) in [7, 11) is 0. The van der Waals surface area contributed by atoms with Gasteiger partial charge >= 0.3 is 0 Å². The summed E-state index contributed by atoms with van der Waals surface area (Å²) in [6, 6.07) is 8.23. The Hall–Kier alpha value is -1.68. The molecule has 18 heavy (non-hydrogen) atoms. The maximum atomic E-state index is 5.61. The van der Waals surface area contributed by atoms with Crippen LogP contribution in [0.4, 0.5) is 5.82 Å². The molecule has 1 aromatic carbocycles. The summed E-state index contributed by atoms with van der Waals surface area (Å²) in [4.78, 5) is 11.7. The van der Waals surface area contributed by atoms with Crippen molar-refractivity contribution in [3.05, 3.63) is 30.1 Å². The Morgan fingerprint density at radius 3 is 2.67 bits per heavy atom. The standard InChI is InChI=1S/C14H18N4/c15-8-7-13-16-12-6-2-1-5-11(12)14(17-13)18-9-3-4-10-18/h1-2,5-6H,3-4,7-10,15H2. The van der Waals surface area contributed by atoms with Crippen LogP contribution < -0.4 is 10.6 Å². The molecule has 3 rings (SSSR count). The second-order valence-electron chi connectivity index (χ2n) is 4.71. The lowest BCUT2D eigenvalue weighted by Crippen LogP contribution is -2.20. The summed E-state index contributed by atoms with van der Waals surface area (Å²) in [5, 5.41) is 1.15. The van der Waals surface area contributed by atoms with Gasteiger partial charge in [-0.05, 0) is 31.5 Å². The first kappa shape index (κ1) is 11.4. The van der Waals surface area contributed by atoms with E-state index in [1.54, 1.807) is 0 Å². The van der Waals surface area contributed by atoms with Crippen molar-refractivity contribution < 1.29 is 0 Å². The van der Waals surface area contributed by atoms with E-state index >= 15 is 0 Å². The molecular formula is C14H18N4. The third-order valence-electron chi connectivity index (χ3n) is 3.40. The highest BCUT2D eigenvalue weighted by atomic mass is 15.2. The van der Waals surface area contributed by atoms with Crippen molar-refractivity contribution in [1.82, 2.24) is 9.97 Å². The quantitative estimate of drug-likeness (QED) is 0.890. The summed E-state index contributed by atoms with van der Waals surface area (Å²) in [6.07, 6.45) is 3.25. The minimum atomic E-state index is 0.595. The van der Waals surface area contributed by atoms with E-state index in [0.29, 0.717) is 6.54 Å². The predicted molar refractivity (Wildman–Crippen MR) is 73.7 cm³/mol. The lowest BCUT2D eigenvalue weighted by atomic mass is 10.2. The van der Waals surface area contributed by atoms with Gasteiger partial charge < -0.3 is 10.6 Å². The van der Waals surface area contributed by atoms with Gasteiger partial charge in [0.1, 0.15) is 11.6 Å². The van der Waals surface area contributed by atoms with Crippen LogP contribution >= 0.6 is 0 Å². The molecule has 0 saturated carbocycles. The summed E-state index contributed by atoms with van der Waals surface area (Å²) in [5.41, 5.74) is 6.64. The van der Waals surface area contributed by atoms with Gasteiger partial charge in [0.25, 0.3) is 0 Å². The van der Waals surface area contributed by atoms with Crippen molar-refractivity contribution in [2.45, 2.75) is 19.3 Å². The molecule has 2 N–H and O–H groups in total. The summed E-state index contributed by atoms with van der Waals surface area (Å²) >= 11 is 0. The van der Waals surface area contributed by atoms with E-state index in [-0.39, 0.29) is 0 Å². The van der Waals surface area contributed by atoms with Crippen molar-refractivity contribution >= 4 is 16.7 Å². The number of nitrogens with two attached hydrogens (primary N) is 1. The van der Waals surface area contributed by atoms with Crippen molar-refractivity contribution in [2.75, 3.05) is 24.5 Å². The Balaban J connectivity index is 2.13. The number of aromatic nitrogens is 2. The lowest BCUT2D eigenvalue weighted by Gasteiger charge is -2.19. The molecule has 1 aliphatic heterocycles. The molecule has 1 aliphatic rings. The fraction of sp³-hybridized carbons (Fsp3) is 0.429. The molecule has 0 unspecified atom stereocenters. The van der Waals surface area contributed by atoms with Crippen LogP contribution in [0.2, 0.25) is 0 Å². The molecule has 1 saturated heterocycles. The number of fused-ring (bicyclic) bond motifs is 1. The molecule has 2 aromatic rings. The van der Waals surface area contributed by atoms with Gasteiger partial charge in [0, 0.05) is 24.9 Å². The van der Waals surface area contributed by atoms with Gasteiger partial charge in [-0.2, -0.15) is 0 Å². The van der Waals surface area contributed by atoms with E-state index in [4.69, 9.17) is 10.7 Å². The first-order chi connectivity index (χ1) is 8.88. The smallest absolute Gasteiger partial charge is 0.140 e. The second-order valence-corrected chi connectivity index (χ2v) is 4.71. The topological polar surface area (TPSA) is 55.0 Å². The average Bonchev–Trinajstić information content (AvgIpc) is 2.92. The van der Waals surface area contributed by atoms with Gasteiger partial charge in [-0.25, -0.2) is 9.97 Å². The van der Waals surface area contributed by atoms with Crippen LogP contribution in [0, 0.1) is 0 Å². The molecule has 0 atom stereocenters. The van der Waals surface area contributed by atoms with Crippen molar-refractivity contribution in [2.24, 2.45) is 5.73 Å². The van der Waals surface area contributed by atoms with Crippen LogP contribution in [0.5, 0.6) is 0 Å². The zero-order valence-electron chi connectivity index (χ0n) is 10.5. The Morgan fingerprint density at radius 2 is 1.89 bits per heavy atom. The van der Waals surface area contributed by atoms with Crippen molar-refractivity contribution in [3.63, 3.8) is 0 Å². The minimum absolute atomic E-state index is 0.595. The third-order valence-corrected chi connectivity index (χ3v) is 3.40. The van der Waals surface area contributed by atoms with Crippen LogP contribution in [0.15, 0.2) is 24.3 Å². The molecule has 0 aliphatic carbocycles. The largest absolute Gasteiger partial charge is 0.356 e. The first-order valence-corrected chi connectivity index (χ1v) is 6.59. The molecule has 94 valence electrons. The zero-order valence-corrected chi connectivity index (χ0v) is 10.5. The Morgan fingerprint density at radius 1 is 1.11 bits per heavy atom. The van der Waals surface area contributed by atoms with E-state index < -0.39 is 0 Å². The lowest BCUT2D eigenvalue weighted by molar-refractivity contribution is 0.856. The van der Waals surface area contributed by atoms with Gasteiger partial charge in [-0.15, -0.1) is 0 Å². The molecule has 1 aromatic heterocycles. The zero-order chi connectivity index (χ0) is 12.4. The van der Waals surface area contributed by atoms with Crippen LogP contribution in [0.3, 0.4) is 0 Å². The number of benzene rings is 1. The molecule has 0 amide bonds. The van der Waals surface area contributed by atoms with Gasteiger partial charge in [0.2, 0.25) is 0 Å². The van der Waals surface area contributed by atoms with Crippen molar-refractivity contribution in [3.8, 4) is 0 Å². The number of rotatable bonds is 3. The minimum Gasteiger partial charge on any atom is -0.356 e. The molecule has 4 nitrogen and oxygen atoms in total. The average molecular weight is 242 g/mol. The van der Waals surface area contributed by atoms with Gasteiger partial charge in [-0.1, -0.05) is 12.1 Å². The first-order valence-electron chi connectivity index (χ1n) is 6.59. The van der Waals surface area contributed by atoms with E-state index in [1.807, 2.05) is 12.1 Å². The normalized spacial score (nSPS) is 15.5. The highest BCUT2D eigenvalue weighted by Crippen LogP contribution is 2.26. The monoisotopic (exact) mass is 242 g/mol. The van der Waals surface area contributed by atoms with Crippen LogP contribution in [-0.4, -0.2) is 29.6 Å². The van der Waals surface area contributed by atoms with Gasteiger partial charge in [-0.3, -0.25) is 0 Å². The highest BCUT2D eigenvalue weighted by Gasteiger charge is 2.17. The van der Waals surface area contributed by atoms with Gasteiger partial charge in [0.15, 0.2) is 0 Å². The van der Waals surface area contributed by atoms with E-state index in [0.717, 1.165) is 42.1 Å². The van der Waals surface area contributed by atoms with E-state index in [9.17, 15) is 0 Å². The Bertz CT molecular complexity index is 546. The molecule has 4 heteroatoms. The molecule has 1 fully saturated rings. The summed E-state index contributed by atoms with van der Waals surface area (Å²) in [6.45, 7) is 2.80. The van der Waals surface area contributed by atoms with Gasteiger partial charge in [0.05, 0.1) is 5.52 Å². The number of anilines is 1. The fourth-order valence-corrected chi connectivity index (χ4v) is 2.52. The number of hydrogen-bond acceptors (Lipinski definition) is 4. The summed E-state index contributed by atoms with van der Waals surface area (Å²) in [5.74, 6) is 1.94. The molecule has 0 radical (unpaired) electrons. The Labute approximate surface area is 107 Å². The predicted octanol–water partition coefficient (Wildman–Crippen LogP) is 1.73. The second kappa shape index (κ2) is 4.90. The fourth-order valence-electron chi connectivity index (χ4n) is 2.52. The molecular weight excluding hydrogens is 224 g/mol.